The average Bonchev–Trinajstić information content (AvgIpc) is 3.13. The van der Waals surface area contributed by atoms with Gasteiger partial charge < -0.3 is 23.7 Å². The summed E-state index contributed by atoms with van der Waals surface area (Å²) in [5, 5.41) is 0. The van der Waals surface area contributed by atoms with Crippen molar-refractivity contribution in [3.63, 3.8) is 0 Å². The van der Waals surface area contributed by atoms with Crippen molar-refractivity contribution in [1.82, 2.24) is 14.4 Å². The molecule has 3 aliphatic rings. The summed E-state index contributed by atoms with van der Waals surface area (Å²) >= 11 is 0. The fourth-order valence-electron chi connectivity index (χ4n) is 5.19. The molecule has 1 amide bonds. The van der Waals surface area contributed by atoms with Gasteiger partial charge in [0.05, 0.1) is 18.8 Å². The number of amides is 1. The van der Waals surface area contributed by atoms with Crippen LogP contribution < -0.4 is 9.47 Å². The molecule has 0 saturated carbocycles. The van der Waals surface area contributed by atoms with Gasteiger partial charge in [-0.15, -0.1) is 0 Å². The van der Waals surface area contributed by atoms with E-state index in [9.17, 15) is 4.79 Å². The second-order valence-electron chi connectivity index (χ2n) is 9.10. The number of fused-ring (bicyclic) bond motifs is 1. The smallest absolute Gasteiger partial charge is 0.255 e. The van der Waals surface area contributed by atoms with Crippen molar-refractivity contribution in [2.45, 2.75) is 26.7 Å². The highest BCUT2D eigenvalue weighted by Crippen LogP contribution is 2.34. The lowest BCUT2D eigenvalue weighted by atomic mass is 9.95. The number of benzene rings is 1. The number of rotatable bonds is 4. The Hall–Kier alpha value is -2.51. The maximum absolute atomic E-state index is 13.4. The van der Waals surface area contributed by atoms with Gasteiger partial charge in [-0.05, 0) is 50.8 Å². The molecule has 2 aromatic rings. The number of piperidine rings is 1. The molecular weight excluding hydrogens is 406 g/mol. The molecule has 1 aromatic carbocycles. The Morgan fingerprint density at radius 1 is 0.938 bits per heavy atom. The number of hydrogen-bond donors (Lipinski definition) is 0. The number of morpholine rings is 1. The van der Waals surface area contributed by atoms with Crippen LogP contribution in [-0.4, -0.2) is 79.4 Å². The topological polar surface area (TPSA) is 56.2 Å². The number of ether oxygens (including phenoxy) is 3. The fraction of sp³-hybridized carbons (Fsp3) is 0.560. The molecule has 0 aliphatic carbocycles. The molecule has 2 saturated heterocycles. The molecule has 0 N–H and O–H groups in total. The molecule has 172 valence electrons. The van der Waals surface area contributed by atoms with Crippen LogP contribution in [0, 0.1) is 19.8 Å². The Labute approximate surface area is 189 Å². The van der Waals surface area contributed by atoms with Gasteiger partial charge in [0.25, 0.3) is 5.91 Å². The van der Waals surface area contributed by atoms with Gasteiger partial charge in [0.15, 0.2) is 11.5 Å². The molecule has 0 unspecified atom stereocenters. The summed E-state index contributed by atoms with van der Waals surface area (Å²) in [5.41, 5.74) is 3.81. The number of nitrogens with zero attached hydrogens (tertiary/aromatic N) is 3. The van der Waals surface area contributed by atoms with E-state index in [4.69, 9.17) is 14.2 Å². The predicted molar refractivity (Wildman–Crippen MR) is 122 cm³/mol. The van der Waals surface area contributed by atoms with Crippen LogP contribution >= 0.6 is 0 Å². The summed E-state index contributed by atoms with van der Waals surface area (Å²) in [5.74, 6) is 2.35. The lowest BCUT2D eigenvalue weighted by molar-refractivity contribution is 0.0243. The minimum Gasteiger partial charge on any atom is -0.486 e. The molecular formula is C25H33N3O4. The molecule has 4 heterocycles. The van der Waals surface area contributed by atoms with Crippen LogP contribution in [0.15, 0.2) is 24.3 Å². The molecule has 3 aliphatic heterocycles. The molecule has 0 spiro atoms. The average molecular weight is 440 g/mol. The van der Waals surface area contributed by atoms with Crippen LogP contribution in [0.4, 0.5) is 0 Å². The highest BCUT2D eigenvalue weighted by atomic mass is 16.6. The first-order chi connectivity index (χ1) is 15.6. The third kappa shape index (κ3) is 4.24. The van der Waals surface area contributed by atoms with Crippen LogP contribution in [0.5, 0.6) is 11.5 Å². The van der Waals surface area contributed by atoms with Crippen molar-refractivity contribution < 1.29 is 19.0 Å². The van der Waals surface area contributed by atoms with E-state index in [1.807, 2.05) is 36.1 Å². The quantitative estimate of drug-likeness (QED) is 0.733. The molecule has 7 nitrogen and oxygen atoms in total. The van der Waals surface area contributed by atoms with Gasteiger partial charge in [-0.1, -0.05) is 0 Å². The summed E-state index contributed by atoms with van der Waals surface area (Å²) in [6, 6.07) is 8.00. The second-order valence-corrected chi connectivity index (χ2v) is 9.10. The van der Waals surface area contributed by atoms with Crippen LogP contribution in [0.1, 0.15) is 34.6 Å². The Morgan fingerprint density at radius 3 is 2.41 bits per heavy atom. The molecule has 0 bridgehead atoms. The Balaban J connectivity index is 1.27. The van der Waals surface area contributed by atoms with Gasteiger partial charge in [0.2, 0.25) is 0 Å². The fourth-order valence-corrected chi connectivity index (χ4v) is 5.19. The van der Waals surface area contributed by atoms with Gasteiger partial charge in [0, 0.05) is 55.9 Å². The van der Waals surface area contributed by atoms with Crippen molar-refractivity contribution in [2.75, 3.05) is 59.2 Å². The third-order valence-electron chi connectivity index (χ3n) is 6.97. The van der Waals surface area contributed by atoms with Gasteiger partial charge >= 0.3 is 0 Å². The molecule has 2 fully saturated rings. The van der Waals surface area contributed by atoms with E-state index in [-0.39, 0.29) is 5.91 Å². The van der Waals surface area contributed by atoms with Crippen LogP contribution in [0.25, 0.3) is 5.69 Å². The van der Waals surface area contributed by atoms with Gasteiger partial charge in [-0.25, -0.2) is 0 Å². The standard InChI is InChI=1S/C25H33N3O4/c1-18-15-22(19(2)28(18)21-3-4-23-24(16-21)32-14-13-31-23)25(29)27-7-5-20(6-8-27)17-26-9-11-30-12-10-26/h3-4,15-16,20H,5-14,17H2,1-2H3. The predicted octanol–water partition coefficient (Wildman–Crippen LogP) is 3.05. The van der Waals surface area contributed by atoms with Gasteiger partial charge in [-0.2, -0.15) is 0 Å². The van der Waals surface area contributed by atoms with Crippen molar-refractivity contribution in [3.05, 3.63) is 41.2 Å². The number of carbonyl (C=O) groups excluding carboxylic acids is 1. The van der Waals surface area contributed by atoms with E-state index >= 15 is 0 Å². The minimum atomic E-state index is 0.145. The van der Waals surface area contributed by atoms with E-state index in [0.717, 1.165) is 92.9 Å². The first kappa shape index (κ1) is 21.3. The number of carbonyl (C=O) groups is 1. The van der Waals surface area contributed by atoms with Crippen molar-refractivity contribution in [1.29, 1.82) is 0 Å². The highest BCUT2D eigenvalue weighted by Gasteiger charge is 2.28. The van der Waals surface area contributed by atoms with E-state index in [0.29, 0.717) is 19.1 Å². The number of aryl methyl sites for hydroxylation is 1. The first-order valence-corrected chi connectivity index (χ1v) is 11.8. The zero-order valence-corrected chi connectivity index (χ0v) is 19.1. The third-order valence-corrected chi connectivity index (χ3v) is 6.97. The largest absolute Gasteiger partial charge is 0.486 e. The van der Waals surface area contributed by atoms with E-state index in [1.54, 1.807) is 0 Å². The molecule has 0 atom stereocenters. The van der Waals surface area contributed by atoms with E-state index in [2.05, 4.69) is 16.4 Å². The maximum atomic E-state index is 13.4. The Morgan fingerprint density at radius 2 is 1.66 bits per heavy atom. The van der Waals surface area contributed by atoms with Gasteiger partial charge in [0.1, 0.15) is 13.2 Å². The SMILES string of the molecule is Cc1cc(C(=O)N2CCC(CN3CCOCC3)CC2)c(C)n1-c1ccc2c(c1)OCCO2. The summed E-state index contributed by atoms with van der Waals surface area (Å²) in [7, 11) is 0. The number of likely N-dealkylation sites (tertiary alicyclic amines) is 1. The van der Waals surface area contributed by atoms with Crippen molar-refractivity contribution in [2.24, 2.45) is 5.92 Å². The Bertz CT molecular complexity index is 972. The van der Waals surface area contributed by atoms with Crippen molar-refractivity contribution in [3.8, 4) is 17.2 Å². The maximum Gasteiger partial charge on any atom is 0.255 e. The van der Waals surface area contributed by atoms with E-state index < -0.39 is 0 Å². The molecule has 32 heavy (non-hydrogen) atoms. The van der Waals surface area contributed by atoms with E-state index in [1.165, 1.54) is 0 Å². The van der Waals surface area contributed by atoms with Crippen LogP contribution in [-0.2, 0) is 4.74 Å². The van der Waals surface area contributed by atoms with Crippen molar-refractivity contribution >= 4 is 5.91 Å². The lowest BCUT2D eigenvalue weighted by Gasteiger charge is -2.36. The summed E-state index contributed by atoms with van der Waals surface area (Å²) in [6.07, 6.45) is 2.15. The lowest BCUT2D eigenvalue weighted by Crippen LogP contribution is -2.44. The van der Waals surface area contributed by atoms with Crippen LogP contribution in [0.3, 0.4) is 0 Å². The van der Waals surface area contributed by atoms with Crippen LogP contribution in [0.2, 0.25) is 0 Å². The molecule has 5 rings (SSSR count). The zero-order chi connectivity index (χ0) is 22.1. The molecule has 1 aromatic heterocycles. The molecule has 7 heteroatoms. The summed E-state index contributed by atoms with van der Waals surface area (Å²) in [6.45, 7) is 11.8. The summed E-state index contributed by atoms with van der Waals surface area (Å²) < 4.78 is 19.0. The Kier molecular flexibility index (Phi) is 6.11. The normalized spacial score (nSPS) is 19.9. The first-order valence-electron chi connectivity index (χ1n) is 11.8. The molecule has 0 radical (unpaired) electrons. The number of aromatic nitrogens is 1. The summed E-state index contributed by atoms with van der Waals surface area (Å²) in [4.78, 5) is 17.9. The minimum absolute atomic E-state index is 0.145. The zero-order valence-electron chi connectivity index (χ0n) is 19.1. The second kappa shape index (κ2) is 9.16. The number of hydrogen-bond acceptors (Lipinski definition) is 5. The van der Waals surface area contributed by atoms with Gasteiger partial charge in [-0.3, -0.25) is 9.69 Å². The monoisotopic (exact) mass is 439 g/mol. The highest BCUT2D eigenvalue weighted by molar-refractivity contribution is 5.96.